The van der Waals surface area contributed by atoms with Crippen molar-refractivity contribution in [2.45, 2.75) is 0 Å². The number of fused-ring (bicyclic) bond motifs is 1. The normalized spacial score (nSPS) is 29.1. The second-order valence-corrected chi connectivity index (χ2v) is 2.70. The van der Waals surface area contributed by atoms with Crippen LogP contribution in [0.2, 0.25) is 0 Å². The van der Waals surface area contributed by atoms with Gasteiger partial charge in [0.1, 0.15) is 0 Å². The maximum absolute atomic E-state index is 5.06. The van der Waals surface area contributed by atoms with Crippen LogP contribution in [-0.2, 0) is 0 Å². The summed E-state index contributed by atoms with van der Waals surface area (Å²) >= 11 is 5.06. The van der Waals surface area contributed by atoms with Crippen LogP contribution in [0.3, 0.4) is 0 Å². The highest BCUT2D eigenvalue weighted by atomic mass is 32.1. The van der Waals surface area contributed by atoms with Crippen molar-refractivity contribution in [2.24, 2.45) is 5.92 Å². The minimum atomic E-state index is 0.512. The third-order valence-electron chi connectivity index (χ3n) is 1.69. The van der Waals surface area contributed by atoms with Gasteiger partial charge in [-0.1, -0.05) is 36.5 Å². The highest BCUT2D eigenvalue weighted by molar-refractivity contribution is 7.81. The van der Waals surface area contributed by atoms with Crippen LogP contribution >= 0.6 is 12.2 Å². The lowest BCUT2D eigenvalue weighted by Gasteiger charge is -1.96. The summed E-state index contributed by atoms with van der Waals surface area (Å²) in [5.41, 5.74) is 1.30. The fraction of sp³-hybridized carbons (Fsp3) is 0.125. The first-order valence-corrected chi connectivity index (χ1v) is 3.40. The molecule has 1 heteroatoms. The number of thiocarbonyl (C=S) groups is 1. The van der Waals surface area contributed by atoms with Gasteiger partial charge < -0.3 is 0 Å². The van der Waals surface area contributed by atoms with E-state index < -0.39 is 0 Å². The minimum Gasteiger partial charge on any atom is -0.0798 e. The van der Waals surface area contributed by atoms with Crippen molar-refractivity contribution in [3.05, 3.63) is 36.0 Å². The average Bonchev–Trinajstić information content (AvgIpc) is 2.35. The molecular formula is C8H6S. The van der Waals surface area contributed by atoms with Gasteiger partial charge in [-0.15, -0.1) is 0 Å². The minimum absolute atomic E-state index is 0.512. The number of hydrogen-bond acceptors (Lipinski definition) is 1. The zero-order valence-corrected chi connectivity index (χ0v) is 5.69. The van der Waals surface area contributed by atoms with Crippen LogP contribution in [-0.4, -0.2) is 4.86 Å². The predicted molar refractivity (Wildman–Crippen MR) is 42.5 cm³/mol. The zero-order valence-electron chi connectivity index (χ0n) is 4.87. The molecule has 1 unspecified atom stereocenters. The van der Waals surface area contributed by atoms with E-state index in [0.29, 0.717) is 5.92 Å². The fourth-order valence-corrected chi connectivity index (χ4v) is 1.48. The molecule has 0 bridgehead atoms. The van der Waals surface area contributed by atoms with Crippen molar-refractivity contribution in [3.63, 3.8) is 0 Å². The lowest BCUT2D eigenvalue weighted by Crippen LogP contribution is -1.92. The Morgan fingerprint density at radius 3 is 3.00 bits per heavy atom. The van der Waals surface area contributed by atoms with Gasteiger partial charge in [0.15, 0.2) is 0 Å². The summed E-state index contributed by atoms with van der Waals surface area (Å²) < 4.78 is 0. The standard InChI is InChI=1S/C8H6S/c9-8-5-4-6-2-1-3-7(6)8/h1-6H. The predicted octanol–water partition coefficient (Wildman–Crippen LogP) is 2.04. The second kappa shape index (κ2) is 1.64. The van der Waals surface area contributed by atoms with E-state index in [1.165, 1.54) is 5.57 Å². The summed E-state index contributed by atoms with van der Waals surface area (Å²) in [5.74, 6) is 0.512. The van der Waals surface area contributed by atoms with E-state index in [2.05, 4.69) is 24.3 Å². The molecule has 0 radical (unpaired) electrons. The van der Waals surface area contributed by atoms with Gasteiger partial charge in [-0.3, -0.25) is 0 Å². The van der Waals surface area contributed by atoms with Crippen LogP contribution in [0.4, 0.5) is 0 Å². The summed E-state index contributed by atoms with van der Waals surface area (Å²) in [6, 6.07) is 0. The topological polar surface area (TPSA) is 0 Å². The SMILES string of the molecule is S=C1C=CC2C=CC=C12. The van der Waals surface area contributed by atoms with Crippen LogP contribution in [0.1, 0.15) is 0 Å². The summed E-state index contributed by atoms with van der Waals surface area (Å²) in [4.78, 5) is 1.00. The molecule has 0 N–H and O–H groups in total. The van der Waals surface area contributed by atoms with Gasteiger partial charge in [0.25, 0.3) is 0 Å². The molecule has 1 atom stereocenters. The molecule has 9 heavy (non-hydrogen) atoms. The van der Waals surface area contributed by atoms with Gasteiger partial charge in [-0.05, 0) is 11.6 Å². The first kappa shape index (κ1) is 5.12. The molecule has 0 nitrogen and oxygen atoms in total. The van der Waals surface area contributed by atoms with E-state index in [9.17, 15) is 0 Å². The van der Waals surface area contributed by atoms with Crippen molar-refractivity contribution in [3.8, 4) is 0 Å². The van der Waals surface area contributed by atoms with Gasteiger partial charge in [-0.2, -0.15) is 0 Å². The fourth-order valence-electron chi connectivity index (χ4n) is 1.20. The molecule has 0 aromatic carbocycles. The maximum Gasteiger partial charge on any atom is 0.0415 e. The van der Waals surface area contributed by atoms with Crippen molar-refractivity contribution in [2.75, 3.05) is 0 Å². The Balaban J connectivity index is 2.48. The van der Waals surface area contributed by atoms with Crippen molar-refractivity contribution < 1.29 is 0 Å². The molecule has 2 rings (SSSR count). The third kappa shape index (κ3) is 0.615. The van der Waals surface area contributed by atoms with Gasteiger partial charge in [0.05, 0.1) is 0 Å². The Morgan fingerprint density at radius 2 is 2.22 bits per heavy atom. The van der Waals surface area contributed by atoms with E-state index in [-0.39, 0.29) is 0 Å². The van der Waals surface area contributed by atoms with E-state index >= 15 is 0 Å². The zero-order chi connectivity index (χ0) is 6.27. The first-order valence-electron chi connectivity index (χ1n) is 2.99. The Hall–Kier alpha value is -0.690. The molecule has 0 saturated carbocycles. The third-order valence-corrected chi connectivity index (χ3v) is 2.06. The Morgan fingerprint density at radius 1 is 1.33 bits per heavy atom. The molecule has 0 saturated heterocycles. The quantitative estimate of drug-likeness (QED) is 0.457. The average molecular weight is 134 g/mol. The van der Waals surface area contributed by atoms with E-state index in [1.54, 1.807) is 0 Å². The number of allylic oxidation sites excluding steroid dienone is 6. The Kier molecular flexibility index (Phi) is 0.935. The smallest absolute Gasteiger partial charge is 0.0415 e. The number of rotatable bonds is 0. The molecule has 0 aromatic rings. The Bertz CT molecular complexity index is 243. The molecule has 0 fully saturated rings. The van der Waals surface area contributed by atoms with Gasteiger partial charge in [-0.25, -0.2) is 0 Å². The van der Waals surface area contributed by atoms with Crippen molar-refractivity contribution in [1.82, 2.24) is 0 Å². The van der Waals surface area contributed by atoms with Gasteiger partial charge >= 0.3 is 0 Å². The molecule has 0 amide bonds. The van der Waals surface area contributed by atoms with Crippen LogP contribution in [0.15, 0.2) is 36.0 Å². The lowest BCUT2D eigenvalue weighted by molar-refractivity contribution is 1.08. The molecule has 2 aliphatic rings. The highest BCUT2D eigenvalue weighted by Crippen LogP contribution is 2.27. The van der Waals surface area contributed by atoms with E-state index in [1.807, 2.05) is 6.08 Å². The van der Waals surface area contributed by atoms with Crippen LogP contribution < -0.4 is 0 Å². The molecule has 44 valence electrons. The second-order valence-electron chi connectivity index (χ2n) is 2.26. The molecule has 0 spiro atoms. The molecule has 0 heterocycles. The highest BCUT2D eigenvalue weighted by Gasteiger charge is 2.18. The van der Waals surface area contributed by atoms with Crippen LogP contribution in [0.5, 0.6) is 0 Å². The molecule has 2 aliphatic carbocycles. The largest absolute Gasteiger partial charge is 0.0798 e. The molecule has 0 aromatic heterocycles. The van der Waals surface area contributed by atoms with E-state index in [4.69, 9.17) is 12.2 Å². The van der Waals surface area contributed by atoms with Crippen LogP contribution in [0.25, 0.3) is 0 Å². The summed E-state index contributed by atoms with van der Waals surface area (Å²) in [6.07, 6.45) is 10.5. The van der Waals surface area contributed by atoms with Crippen molar-refractivity contribution >= 4 is 17.1 Å². The van der Waals surface area contributed by atoms with E-state index in [0.717, 1.165) is 4.86 Å². The summed E-state index contributed by atoms with van der Waals surface area (Å²) in [5, 5.41) is 0. The van der Waals surface area contributed by atoms with Gasteiger partial charge in [0.2, 0.25) is 0 Å². The maximum atomic E-state index is 5.06. The lowest BCUT2D eigenvalue weighted by atomic mass is 10.1. The molecule has 0 aliphatic heterocycles. The number of hydrogen-bond donors (Lipinski definition) is 0. The van der Waals surface area contributed by atoms with Crippen LogP contribution in [0, 0.1) is 5.92 Å². The van der Waals surface area contributed by atoms with Gasteiger partial charge in [0, 0.05) is 10.8 Å². The molecular weight excluding hydrogens is 128 g/mol. The Labute approximate surface area is 59.6 Å². The van der Waals surface area contributed by atoms with Crippen molar-refractivity contribution in [1.29, 1.82) is 0 Å². The summed E-state index contributed by atoms with van der Waals surface area (Å²) in [7, 11) is 0. The monoisotopic (exact) mass is 134 g/mol. The first-order chi connectivity index (χ1) is 4.38. The summed E-state index contributed by atoms with van der Waals surface area (Å²) in [6.45, 7) is 0.